The van der Waals surface area contributed by atoms with E-state index < -0.39 is 6.04 Å². The van der Waals surface area contributed by atoms with Crippen LogP contribution < -0.4 is 10.6 Å². The molecule has 6 nitrogen and oxygen atoms in total. The highest BCUT2D eigenvalue weighted by Gasteiger charge is 2.17. The molecule has 6 heteroatoms. The van der Waals surface area contributed by atoms with Gasteiger partial charge in [-0.25, -0.2) is 14.8 Å². The zero-order chi connectivity index (χ0) is 14.3. The zero-order valence-electron chi connectivity index (χ0n) is 12.0. The fraction of sp³-hybridized carbons (Fsp3) is 0.615. The van der Waals surface area contributed by atoms with Crippen LogP contribution in [0.4, 0.5) is 11.6 Å². The Morgan fingerprint density at radius 2 is 2.05 bits per heavy atom. The SMILES string of the molecule is CCCc1c(NC)ncnc1NC(C)C(=O)OCC. The van der Waals surface area contributed by atoms with E-state index in [9.17, 15) is 4.79 Å². The lowest BCUT2D eigenvalue weighted by Crippen LogP contribution is -2.29. The number of rotatable bonds is 7. The molecule has 1 heterocycles. The molecule has 0 aromatic carbocycles. The average Bonchev–Trinajstić information content (AvgIpc) is 2.41. The summed E-state index contributed by atoms with van der Waals surface area (Å²) < 4.78 is 4.97. The van der Waals surface area contributed by atoms with E-state index in [1.54, 1.807) is 13.8 Å². The predicted octanol–water partition coefficient (Wildman–Crippen LogP) is 1.83. The van der Waals surface area contributed by atoms with Crippen LogP contribution in [-0.4, -0.2) is 35.6 Å². The molecular formula is C13H22N4O2. The van der Waals surface area contributed by atoms with Gasteiger partial charge in [0.15, 0.2) is 0 Å². The lowest BCUT2D eigenvalue weighted by Gasteiger charge is -2.17. The summed E-state index contributed by atoms with van der Waals surface area (Å²) in [6.07, 6.45) is 3.30. The summed E-state index contributed by atoms with van der Waals surface area (Å²) in [7, 11) is 1.82. The molecule has 0 bridgehead atoms. The van der Waals surface area contributed by atoms with Crippen LogP contribution in [0.5, 0.6) is 0 Å². The van der Waals surface area contributed by atoms with Crippen LogP contribution in [0, 0.1) is 0 Å². The Kier molecular flexibility index (Phi) is 6.05. The Bertz CT molecular complexity index is 423. The van der Waals surface area contributed by atoms with E-state index in [4.69, 9.17) is 4.74 Å². The van der Waals surface area contributed by atoms with Gasteiger partial charge in [-0.1, -0.05) is 13.3 Å². The molecule has 0 aliphatic rings. The Hall–Kier alpha value is -1.85. The summed E-state index contributed by atoms with van der Waals surface area (Å²) in [6.45, 7) is 6.01. The van der Waals surface area contributed by atoms with Crippen LogP contribution in [0.1, 0.15) is 32.8 Å². The van der Waals surface area contributed by atoms with Crippen molar-refractivity contribution in [2.45, 2.75) is 39.7 Å². The number of carbonyl (C=O) groups excluding carboxylic acids is 1. The van der Waals surface area contributed by atoms with Gasteiger partial charge < -0.3 is 15.4 Å². The Morgan fingerprint density at radius 1 is 1.37 bits per heavy atom. The quantitative estimate of drug-likeness (QED) is 0.733. The molecule has 1 unspecified atom stereocenters. The van der Waals surface area contributed by atoms with Gasteiger partial charge in [0.05, 0.1) is 6.61 Å². The van der Waals surface area contributed by atoms with E-state index in [1.165, 1.54) is 6.33 Å². The summed E-state index contributed by atoms with van der Waals surface area (Å²) in [4.78, 5) is 20.0. The number of nitrogens with zero attached hydrogens (tertiary/aromatic N) is 2. The van der Waals surface area contributed by atoms with Crippen LogP contribution in [0.25, 0.3) is 0 Å². The van der Waals surface area contributed by atoms with Crippen LogP contribution in [0.15, 0.2) is 6.33 Å². The number of anilines is 2. The molecular weight excluding hydrogens is 244 g/mol. The fourth-order valence-corrected chi connectivity index (χ4v) is 1.77. The van der Waals surface area contributed by atoms with E-state index in [2.05, 4.69) is 27.5 Å². The van der Waals surface area contributed by atoms with E-state index in [1.807, 2.05) is 7.05 Å². The molecule has 19 heavy (non-hydrogen) atoms. The number of esters is 1. The number of ether oxygens (including phenoxy) is 1. The second kappa shape index (κ2) is 7.56. The average molecular weight is 266 g/mol. The van der Waals surface area contributed by atoms with Gasteiger partial charge in [-0.15, -0.1) is 0 Å². The minimum Gasteiger partial charge on any atom is -0.464 e. The van der Waals surface area contributed by atoms with Gasteiger partial charge in [0.1, 0.15) is 24.0 Å². The minimum atomic E-state index is -0.435. The molecule has 2 N–H and O–H groups in total. The molecule has 1 atom stereocenters. The Labute approximate surface area is 114 Å². The molecule has 0 saturated heterocycles. The molecule has 1 aromatic heterocycles. The second-order valence-electron chi connectivity index (χ2n) is 4.17. The largest absolute Gasteiger partial charge is 0.464 e. The topological polar surface area (TPSA) is 76.1 Å². The van der Waals surface area contributed by atoms with E-state index in [0.29, 0.717) is 12.4 Å². The van der Waals surface area contributed by atoms with Crippen molar-refractivity contribution >= 4 is 17.6 Å². The number of aromatic nitrogens is 2. The van der Waals surface area contributed by atoms with Gasteiger partial charge in [-0.2, -0.15) is 0 Å². The first kappa shape index (κ1) is 15.2. The van der Waals surface area contributed by atoms with Gasteiger partial charge in [0, 0.05) is 12.6 Å². The molecule has 0 amide bonds. The van der Waals surface area contributed by atoms with Crippen LogP contribution >= 0.6 is 0 Å². The maximum atomic E-state index is 11.6. The summed E-state index contributed by atoms with van der Waals surface area (Å²) in [6, 6.07) is -0.435. The van der Waals surface area contributed by atoms with Gasteiger partial charge in [-0.3, -0.25) is 0 Å². The van der Waals surface area contributed by atoms with Gasteiger partial charge >= 0.3 is 5.97 Å². The van der Waals surface area contributed by atoms with Crippen molar-refractivity contribution in [1.29, 1.82) is 0 Å². The molecule has 0 aliphatic carbocycles. The first-order chi connectivity index (χ1) is 9.13. The third-order valence-corrected chi connectivity index (χ3v) is 2.68. The molecule has 0 saturated carbocycles. The Morgan fingerprint density at radius 3 is 2.63 bits per heavy atom. The number of carbonyl (C=O) groups is 1. The first-order valence-electron chi connectivity index (χ1n) is 6.58. The predicted molar refractivity (Wildman–Crippen MR) is 75.3 cm³/mol. The van der Waals surface area contributed by atoms with Gasteiger partial charge in [-0.05, 0) is 20.3 Å². The van der Waals surface area contributed by atoms with Crippen LogP contribution in [-0.2, 0) is 16.0 Å². The normalized spacial score (nSPS) is 11.8. The molecule has 1 aromatic rings. The maximum absolute atomic E-state index is 11.6. The Balaban J connectivity index is 2.90. The number of hydrogen-bond donors (Lipinski definition) is 2. The second-order valence-corrected chi connectivity index (χ2v) is 4.17. The van der Waals surface area contributed by atoms with Crippen molar-refractivity contribution in [1.82, 2.24) is 9.97 Å². The van der Waals surface area contributed by atoms with Crippen LogP contribution in [0.3, 0.4) is 0 Å². The minimum absolute atomic E-state index is 0.283. The van der Waals surface area contributed by atoms with Crippen molar-refractivity contribution in [2.24, 2.45) is 0 Å². The highest BCUT2D eigenvalue weighted by atomic mass is 16.5. The molecule has 0 radical (unpaired) electrons. The van der Waals surface area contributed by atoms with Crippen molar-refractivity contribution in [3.63, 3.8) is 0 Å². The van der Waals surface area contributed by atoms with Gasteiger partial charge in [0.2, 0.25) is 0 Å². The third-order valence-electron chi connectivity index (χ3n) is 2.68. The monoisotopic (exact) mass is 266 g/mol. The lowest BCUT2D eigenvalue weighted by molar-refractivity contribution is -0.143. The maximum Gasteiger partial charge on any atom is 0.328 e. The first-order valence-corrected chi connectivity index (χ1v) is 6.58. The van der Waals surface area contributed by atoms with Crippen LogP contribution in [0.2, 0.25) is 0 Å². The molecule has 0 aliphatic heterocycles. The van der Waals surface area contributed by atoms with Crippen molar-refractivity contribution in [3.05, 3.63) is 11.9 Å². The fourth-order valence-electron chi connectivity index (χ4n) is 1.77. The zero-order valence-corrected chi connectivity index (χ0v) is 12.0. The summed E-state index contributed by atoms with van der Waals surface area (Å²) >= 11 is 0. The standard InChI is InChI=1S/C13H22N4O2/c1-5-7-10-11(14-4)15-8-16-12(10)17-9(3)13(18)19-6-2/h8-9H,5-7H2,1-4H3,(H2,14,15,16,17). The summed E-state index contributed by atoms with van der Waals surface area (Å²) in [5.41, 5.74) is 0.989. The van der Waals surface area contributed by atoms with E-state index >= 15 is 0 Å². The lowest BCUT2D eigenvalue weighted by atomic mass is 10.1. The number of hydrogen-bond acceptors (Lipinski definition) is 6. The summed E-state index contributed by atoms with van der Waals surface area (Å²) in [5, 5.41) is 6.13. The molecule has 106 valence electrons. The summed E-state index contributed by atoms with van der Waals surface area (Å²) in [5.74, 6) is 1.19. The van der Waals surface area contributed by atoms with Gasteiger partial charge in [0.25, 0.3) is 0 Å². The molecule has 1 rings (SSSR count). The van der Waals surface area contributed by atoms with E-state index in [0.717, 1.165) is 24.2 Å². The highest BCUT2D eigenvalue weighted by molar-refractivity contribution is 5.79. The van der Waals surface area contributed by atoms with Crippen molar-refractivity contribution < 1.29 is 9.53 Å². The van der Waals surface area contributed by atoms with Crippen molar-refractivity contribution in [3.8, 4) is 0 Å². The smallest absolute Gasteiger partial charge is 0.328 e. The van der Waals surface area contributed by atoms with Crippen molar-refractivity contribution in [2.75, 3.05) is 24.3 Å². The third kappa shape index (κ3) is 4.08. The highest BCUT2D eigenvalue weighted by Crippen LogP contribution is 2.21. The van der Waals surface area contributed by atoms with E-state index in [-0.39, 0.29) is 5.97 Å². The number of nitrogens with one attached hydrogen (secondary N) is 2. The molecule has 0 spiro atoms. The molecule has 0 fully saturated rings.